The lowest BCUT2D eigenvalue weighted by Crippen LogP contribution is -2.28. The largest absolute Gasteiger partial charge is 0.404 e. The summed E-state index contributed by atoms with van der Waals surface area (Å²) in [7, 11) is 0. The molecular weight excluding hydrogens is 152 g/mol. The van der Waals surface area contributed by atoms with Crippen molar-refractivity contribution in [3.8, 4) is 6.01 Å². The van der Waals surface area contributed by atoms with Crippen molar-refractivity contribution in [2.24, 2.45) is 5.73 Å². The van der Waals surface area contributed by atoms with Crippen LogP contribution in [-0.2, 0) is 9.59 Å². The van der Waals surface area contributed by atoms with E-state index in [9.17, 15) is 9.59 Å². The fourth-order valence-corrected chi connectivity index (χ4v) is 0.382. The minimum Gasteiger partial charge on any atom is -0.384 e. The molecule has 58 valence electrons. The van der Waals surface area contributed by atoms with E-state index in [2.05, 4.69) is 25.7 Å². The van der Waals surface area contributed by atoms with Gasteiger partial charge in [-0.3, -0.25) is 4.79 Å². The van der Waals surface area contributed by atoms with Crippen molar-refractivity contribution in [1.29, 1.82) is 0 Å². The molecule has 0 aliphatic heterocycles. The number of hydrogen-bond acceptors (Lipinski definition) is 5. The lowest BCUT2D eigenvalue weighted by atomic mass is 10.7. The summed E-state index contributed by atoms with van der Waals surface area (Å²) in [6.45, 7) is 0. The van der Waals surface area contributed by atoms with Crippen LogP contribution in [0.5, 0.6) is 6.01 Å². The molecule has 3 N–H and O–H groups in total. The number of amides is 1. The Hall–Kier alpha value is -1.92. The van der Waals surface area contributed by atoms with Crippen molar-refractivity contribution in [1.82, 2.24) is 15.2 Å². The topological polar surface area (TPSA) is 111 Å². The van der Waals surface area contributed by atoms with Gasteiger partial charge in [0.1, 0.15) is 6.33 Å². The molecule has 0 fully saturated rings. The second kappa shape index (κ2) is 2.78. The first-order valence-corrected chi connectivity index (χ1v) is 2.57. The van der Waals surface area contributed by atoms with E-state index in [0.717, 1.165) is 6.33 Å². The molecule has 0 unspecified atom stereocenters. The number of esters is 1. The molecule has 1 aromatic heterocycles. The lowest BCUT2D eigenvalue weighted by molar-refractivity contribution is -0.146. The molecule has 7 heteroatoms. The van der Waals surface area contributed by atoms with Gasteiger partial charge >= 0.3 is 17.9 Å². The molecule has 0 atom stereocenters. The number of nitrogens with one attached hydrogen (secondary N) is 1. The number of carbonyl (C=O) groups is 2. The molecule has 1 rings (SSSR count). The second-order valence-electron chi connectivity index (χ2n) is 1.54. The quantitative estimate of drug-likeness (QED) is 0.368. The van der Waals surface area contributed by atoms with Gasteiger partial charge < -0.3 is 10.5 Å². The van der Waals surface area contributed by atoms with Crippen LogP contribution in [0.2, 0.25) is 0 Å². The van der Waals surface area contributed by atoms with Crippen LogP contribution in [0.25, 0.3) is 0 Å². The highest BCUT2D eigenvalue weighted by Crippen LogP contribution is 1.95. The number of aromatic amines is 1. The van der Waals surface area contributed by atoms with E-state index in [1.54, 1.807) is 0 Å². The van der Waals surface area contributed by atoms with Crippen LogP contribution >= 0.6 is 0 Å². The average Bonchev–Trinajstić information content (AvgIpc) is 2.39. The summed E-state index contributed by atoms with van der Waals surface area (Å²) < 4.78 is 4.27. The molecule has 0 aliphatic carbocycles. The smallest absolute Gasteiger partial charge is 0.384 e. The molecular formula is C4H4N4O3. The molecule has 0 radical (unpaired) electrons. The van der Waals surface area contributed by atoms with Gasteiger partial charge in [0.2, 0.25) is 0 Å². The summed E-state index contributed by atoms with van der Waals surface area (Å²) in [6, 6.07) is -0.159. The first-order valence-electron chi connectivity index (χ1n) is 2.57. The number of primary amides is 1. The fourth-order valence-electron chi connectivity index (χ4n) is 0.382. The Morgan fingerprint density at radius 3 is 2.82 bits per heavy atom. The van der Waals surface area contributed by atoms with Crippen molar-refractivity contribution in [2.45, 2.75) is 0 Å². The molecule has 11 heavy (non-hydrogen) atoms. The number of rotatable bonds is 1. The van der Waals surface area contributed by atoms with Crippen LogP contribution in [-0.4, -0.2) is 27.1 Å². The predicted octanol–water partition coefficient (Wildman–Crippen LogP) is -1.80. The monoisotopic (exact) mass is 156 g/mol. The van der Waals surface area contributed by atoms with Gasteiger partial charge in [0.15, 0.2) is 0 Å². The van der Waals surface area contributed by atoms with Crippen molar-refractivity contribution in [2.75, 3.05) is 0 Å². The highest BCUT2D eigenvalue weighted by atomic mass is 16.6. The van der Waals surface area contributed by atoms with Gasteiger partial charge in [-0.05, 0) is 0 Å². The van der Waals surface area contributed by atoms with Crippen molar-refractivity contribution in [3.63, 3.8) is 0 Å². The van der Waals surface area contributed by atoms with E-state index < -0.39 is 11.9 Å². The zero-order chi connectivity index (χ0) is 8.27. The van der Waals surface area contributed by atoms with Crippen LogP contribution in [0.15, 0.2) is 6.33 Å². The number of aromatic nitrogens is 3. The highest BCUT2D eigenvalue weighted by Gasteiger charge is 2.12. The molecule has 1 aromatic rings. The van der Waals surface area contributed by atoms with Crippen LogP contribution in [0.1, 0.15) is 0 Å². The molecule has 7 nitrogen and oxygen atoms in total. The molecule has 0 saturated carbocycles. The maximum absolute atomic E-state index is 10.4. The van der Waals surface area contributed by atoms with E-state index in [1.807, 2.05) is 0 Å². The number of ether oxygens (including phenoxy) is 1. The minimum absolute atomic E-state index is 0.159. The summed E-state index contributed by atoms with van der Waals surface area (Å²) in [6.07, 6.45) is 1.13. The van der Waals surface area contributed by atoms with E-state index in [0.29, 0.717) is 0 Å². The van der Waals surface area contributed by atoms with Gasteiger partial charge in [-0.1, -0.05) is 0 Å². The maximum atomic E-state index is 10.4. The van der Waals surface area contributed by atoms with Crippen LogP contribution < -0.4 is 10.5 Å². The minimum atomic E-state index is -1.18. The SMILES string of the molecule is NC(=O)C(=O)Oc1ncn[nH]1. The number of nitrogens with two attached hydrogens (primary N) is 1. The van der Waals surface area contributed by atoms with Crippen LogP contribution in [0.3, 0.4) is 0 Å². The normalized spacial score (nSPS) is 9.09. The Morgan fingerprint density at radius 2 is 2.36 bits per heavy atom. The van der Waals surface area contributed by atoms with Gasteiger partial charge in [0.05, 0.1) is 0 Å². The van der Waals surface area contributed by atoms with Gasteiger partial charge in [-0.25, -0.2) is 9.89 Å². The summed E-state index contributed by atoms with van der Waals surface area (Å²) in [5.41, 5.74) is 4.58. The van der Waals surface area contributed by atoms with Crippen LogP contribution in [0, 0.1) is 0 Å². The van der Waals surface area contributed by atoms with Crippen molar-refractivity contribution >= 4 is 11.9 Å². The fraction of sp³-hybridized carbons (Fsp3) is 0. The molecule has 0 aliphatic rings. The molecule has 1 amide bonds. The molecule has 0 saturated heterocycles. The van der Waals surface area contributed by atoms with E-state index >= 15 is 0 Å². The summed E-state index contributed by atoms with van der Waals surface area (Å²) in [4.78, 5) is 24.0. The van der Waals surface area contributed by atoms with Crippen molar-refractivity contribution < 1.29 is 14.3 Å². The van der Waals surface area contributed by atoms with Crippen molar-refractivity contribution in [3.05, 3.63) is 6.33 Å². The Labute approximate surface area is 60.6 Å². The molecule has 0 bridgehead atoms. The highest BCUT2D eigenvalue weighted by molar-refractivity contribution is 6.32. The number of nitrogens with zero attached hydrogens (tertiary/aromatic N) is 2. The Kier molecular flexibility index (Phi) is 1.81. The summed E-state index contributed by atoms with van der Waals surface area (Å²) in [5.74, 6) is -2.36. The average molecular weight is 156 g/mol. The Morgan fingerprint density at radius 1 is 1.64 bits per heavy atom. The number of hydrogen-bond donors (Lipinski definition) is 2. The van der Waals surface area contributed by atoms with E-state index in [1.165, 1.54) is 0 Å². The first kappa shape index (κ1) is 7.19. The summed E-state index contributed by atoms with van der Waals surface area (Å²) >= 11 is 0. The lowest BCUT2D eigenvalue weighted by Gasteiger charge is -1.92. The number of H-pyrrole nitrogens is 1. The van der Waals surface area contributed by atoms with Gasteiger partial charge in [-0.2, -0.15) is 10.1 Å². The third-order valence-electron chi connectivity index (χ3n) is 0.783. The summed E-state index contributed by atoms with van der Waals surface area (Å²) in [5, 5.41) is 5.58. The van der Waals surface area contributed by atoms with Gasteiger partial charge in [0.25, 0.3) is 0 Å². The van der Waals surface area contributed by atoms with E-state index in [-0.39, 0.29) is 6.01 Å². The third-order valence-corrected chi connectivity index (χ3v) is 0.783. The second-order valence-corrected chi connectivity index (χ2v) is 1.54. The molecule has 0 spiro atoms. The predicted molar refractivity (Wildman–Crippen MR) is 31.2 cm³/mol. The molecule has 1 heterocycles. The molecule has 0 aromatic carbocycles. The maximum Gasteiger partial charge on any atom is 0.404 e. The zero-order valence-electron chi connectivity index (χ0n) is 5.27. The first-order chi connectivity index (χ1) is 5.20. The van der Waals surface area contributed by atoms with Crippen LogP contribution in [0.4, 0.5) is 0 Å². The zero-order valence-corrected chi connectivity index (χ0v) is 5.27. The van der Waals surface area contributed by atoms with Gasteiger partial charge in [-0.15, -0.1) is 0 Å². The number of carbonyl (C=O) groups excluding carboxylic acids is 2. The third kappa shape index (κ3) is 1.75. The Bertz CT molecular complexity index is 267. The van der Waals surface area contributed by atoms with E-state index in [4.69, 9.17) is 0 Å². The standard InChI is InChI=1S/C4H4N4O3/c5-2(9)3(10)11-4-6-1-7-8-4/h1H,(H2,5,9)(H,6,7,8). The van der Waals surface area contributed by atoms with Gasteiger partial charge in [0, 0.05) is 0 Å². The Balaban J connectivity index is 2.57.